The van der Waals surface area contributed by atoms with E-state index in [1.807, 2.05) is 6.07 Å². The van der Waals surface area contributed by atoms with E-state index in [9.17, 15) is 0 Å². The lowest BCUT2D eigenvalue weighted by atomic mass is 9.49. The van der Waals surface area contributed by atoms with Crippen molar-refractivity contribution in [3.63, 3.8) is 0 Å². The molecular formula is C22H30N2O2. The molecule has 26 heavy (non-hydrogen) atoms. The quantitative estimate of drug-likeness (QED) is 0.773. The van der Waals surface area contributed by atoms with Crippen LogP contribution in [0.3, 0.4) is 0 Å². The van der Waals surface area contributed by atoms with E-state index in [4.69, 9.17) is 9.47 Å². The number of hydrogen-bond acceptors (Lipinski definition) is 4. The summed E-state index contributed by atoms with van der Waals surface area (Å²) in [6.07, 6.45) is 5.30. The molecule has 1 aromatic rings. The number of hydrogen-bond donors (Lipinski definition) is 0. The third kappa shape index (κ3) is 2.84. The van der Waals surface area contributed by atoms with Crippen molar-refractivity contribution in [1.29, 1.82) is 0 Å². The Balaban J connectivity index is 1.14. The molecule has 0 N–H and O–H groups in total. The maximum Gasteiger partial charge on any atom is 0.231 e. The fourth-order valence-corrected chi connectivity index (χ4v) is 5.32. The van der Waals surface area contributed by atoms with Crippen LogP contribution in [0.4, 0.5) is 0 Å². The van der Waals surface area contributed by atoms with E-state index >= 15 is 0 Å². The molecule has 2 atom stereocenters. The van der Waals surface area contributed by atoms with Gasteiger partial charge in [0, 0.05) is 39.3 Å². The van der Waals surface area contributed by atoms with Crippen LogP contribution in [0.2, 0.25) is 0 Å². The molecule has 4 heteroatoms. The van der Waals surface area contributed by atoms with Gasteiger partial charge in [-0.05, 0) is 47.8 Å². The van der Waals surface area contributed by atoms with Crippen LogP contribution in [0.1, 0.15) is 32.3 Å². The second-order valence-electron chi connectivity index (χ2n) is 9.06. The highest BCUT2D eigenvalue weighted by Gasteiger charge is 2.51. The maximum atomic E-state index is 5.51. The smallest absolute Gasteiger partial charge is 0.231 e. The van der Waals surface area contributed by atoms with Crippen LogP contribution < -0.4 is 9.47 Å². The molecule has 6 rings (SSSR count). The lowest BCUT2D eigenvalue weighted by Gasteiger charge is -2.57. The Hall–Kier alpha value is -1.52. The summed E-state index contributed by atoms with van der Waals surface area (Å²) in [4.78, 5) is 5.23. The van der Waals surface area contributed by atoms with Gasteiger partial charge in [-0.25, -0.2) is 0 Å². The van der Waals surface area contributed by atoms with Gasteiger partial charge in [-0.3, -0.25) is 9.80 Å². The van der Waals surface area contributed by atoms with E-state index in [-0.39, 0.29) is 0 Å². The number of nitrogens with zero attached hydrogens (tertiary/aromatic N) is 2. The fraction of sp³-hybridized carbons (Fsp3) is 0.636. The average Bonchev–Trinajstić information content (AvgIpc) is 3.11. The van der Waals surface area contributed by atoms with Crippen LogP contribution in [0.5, 0.6) is 11.5 Å². The third-order valence-corrected chi connectivity index (χ3v) is 7.30. The molecule has 140 valence electrons. The number of allylic oxidation sites excluding steroid dienone is 1. The van der Waals surface area contributed by atoms with Gasteiger partial charge in [0.25, 0.3) is 0 Å². The molecule has 2 heterocycles. The highest BCUT2D eigenvalue weighted by Crippen LogP contribution is 2.59. The number of piperazine rings is 1. The minimum Gasteiger partial charge on any atom is -0.454 e. The molecule has 2 fully saturated rings. The van der Waals surface area contributed by atoms with Gasteiger partial charge in [0.1, 0.15) is 0 Å². The second-order valence-corrected chi connectivity index (χ2v) is 9.06. The van der Waals surface area contributed by atoms with Gasteiger partial charge in [-0.15, -0.1) is 0 Å². The van der Waals surface area contributed by atoms with Crippen LogP contribution >= 0.6 is 0 Å². The summed E-state index contributed by atoms with van der Waals surface area (Å²) in [6, 6.07) is 6.34. The highest BCUT2D eigenvalue weighted by molar-refractivity contribution is 5.44. The molecule has 2 bridgehead atoms. The molecule has 1 aromatic carbocycles. The first-order valence-corrected chi connectivity index (χ1v) is 10.1. The van der Waals surface area contributed by atoms with E-state index < -0.39 is 0 Å². The predicted octanol–water partition coefficient (Wildman–Crippen LogP) is 3.53. The van der Waals surface area contributed by atoms with Crippen LogP contribution in [-0.2, 0) is 6.54 Å². The summed E-state index contributed by atoms with van der Waals surface area (Å²) in [5, 5.41) is 0. The molecule has 3 aliphatic carbocycles. The van der Waals surface area contributed by atoms with Crippen molar-refractivity contribution in [1.82, 2.24) is 9.80 Å². The summed E-state index contributed by atoms with van der Waals surface area (Å²) in [5.74, 6) is 3.55. The predicted molar refractivity (Wildman–Crippen MR) is 102 cm³/mol. The Morgan fingerprint density at radius 1 is 1.00 bits per heavy atom. The SMILES string of the molecule is CC1(C)[C@H]2CC=C(CN3CCN(Cc4ccc5c(c4)OCO5)CC3)[C@@H]1C2. The maximum absolute atomic E-state index is 5.51. The molecule has 5 aliphatic rings. The van der Waals surface area contributed by atoms with E-state index in [1.54, 1.807) is 5.57 Å². The molecule has 0 radical (unpaired) electrons. The topological polar surface area (TPSA) is 24.9 Å². The monoisotopic (exact) mass is 354 g/mol. The van der Waals surface area contributed by atoms with Crippen molar-refractivity contribution in [3.05, 3.63) is 35.4 Å². The first kappa shape index (κ1) is 16.6. The summed E-state index contributed by atoms with van der Waals surface area (Å²) >= 11 is 0. The number of ether oxygens (including phenoxy) is 2. The van der Waals surface area contributed by atoms with Crippen molar-refractivity contribution >= 4 is 0 Å². The second kappa shape index (κ2) is 6.28. The normalized spacial score (nSPS) is 30.0. The lowest BCUT2D eigenvalue weighted by Crippen LogP contribution is -2.52. The Labute approximate surface area is 156 Å². The third-order valence-electron chi connectivity index (χ3n) is 7.30. The van der Waals surface area contributed by atoms with Crippen molar-refractivity contribution in [2.45, 2.75) is 33.2 Å². The van der Waals surface area contributed by atoms with E-state index in [0.29, 0.717) is 12.2 Å². The summed E-state index contributed by atoms with van der Waals surface area (Å²) in [6.45, 7) is 12.2. The zero-order valence-corrected chi connectivity index (χ0v) is 16.0. The van der Waals surface area contributed by atoms with Gasteiger partial charge >= 0.3 is 0 Å². The van der Waals surface area contributed by atoms with Crippen LogP contribution in [-0.4, -0.2) is 49.3 Å². The molecule has 4 nitrogen and oxygen atoms in total. The first-order chi connectivity index (χ1) is 12.6. The van der Waals surface area contributed by atoms with Crippen LogP contribution in [0, 0.1) is 17.3 Å². The summed E-state index contributed by atoms with van der Waals surface area (Å²) < 4.78 is 10.9. The molecule has 0 unspecified atom stereocenters. The minimum absolute atomic E-state index is 0.353. The number of fused-ring (bicyclic) bond motifs is 2. The van der Waals surface area contributed by atoms with Crippen LogP contribution in [0.25, 0.3) is 0 Å². The zero-order chi connectivity index (χ0) is 17.7. The number of benzene rings is 1. The molecular weight excluding hydrogens is 324 g/mol. The van der Waals surface area contributed by atoms with Gasteiger partial charge in [0.15, 0.2) is 11.5 Å². The average molecular weight is 354 g/mol. The summed E-state index contributed by atoms with van der Waals surface area (Å²) in [5.41, 5.74) is 3.59. The zero-order valence-electron chi connectivity index (χ0n) is 16.0. The van der Waals surface area contributed by atoms with Gasteiger partial charge < -0.3 is 9.47 Å². The lowest BCUT2D eigenvalue weighted by molar-refractivity contribution is -0.0121. The molecule has 0 aromatic heterocycles. The Morgan fingerprint density at radius 2 is 1.73 bits per heavy atom. The Kier molecular flexibility index (Phi) is 4.02. The van der Waals surface area contributed by atoms with Gasteiger partial charge in [0.2, 0.25) is 6.79 Å². The molecule has 1 saturated heterocycles. The molecule has 1 saturated carbocycles. The molecule has 0 spiro atoms. The number of rotatable bonds is 4. The van der Waals surface area contributed by atoms with E-state index in [1.165, 1.54) is 38.0 Å². The van der Waals surface area contributed by atoms with Crippen LogP contribution in [0.15, 0.2) is 29.8 Å². The largest absolute Gasteiger partial charge is 0.454 e. The van der Waals surface area contributed by atoms with Crippen molar-refractivity contribution in [3.8, 4) is 11.5 Å². The minimum atomic E-state index is 0.353. The van der Waals surface area contributed by atoms with Crippen molar-refractivity contribution < 1.29 is 9.47 Å². The Morgan fingerprint density at radius 3 is 2.46 bits per heavy atom. The molecule has 2 aliphatic heterocycles. The van der Waals surface area contributed by atoms with Gasteiger partial charge in [-0.1, -0.05) is 31.6 Å². The van der Waals surface area contributed by atoms with Crippen molar-refractivity contribution in [2.24, 2.45) is 17.3 Å². The van der Waals surface area contributed by atoms with Gasteiger partial charge in [0.05, 0.1) is 0 Å². The highest BCUT2D eigenvalue weighted by atomic mass is 16.7. The van der Waals surface area contributed by atoms with E-state index in [2.05, 4.69) is 41.9 Å². The standard InChI is InChI=1S/C22H30N2O2/c1-22(2)18-5-4-17(19(22)12-18)14-24-9-7-23(8-10-24)13-16-3-6-20-21(11-16)26-15-25-20/h3-4,6,11,18-19H,5,7-10,12-15H2,1-2H3/t18-,19-/m0/s1. The Bertz CT molecular complexity index is 719. The fourth-order valence-electron chi connectivity index (χ4n) is 5.32. The van der Waals surface area contributed by atoms with E-state index in [0.717, 1.165) is 43.0 Å². The molecule has 0 amide bonds. The first-order valence-electron chi connectivity index (χ1n) is 10.1. The van der Waals surface area contributed by atoms with Crippen molar-refractivity contribution in [2.75, 3.05) is 39.5 Å². The summed E-state index contributed by atoms with van der Waals surface area (Å²) in [7, 11) is 0. The van der Waals surface area contributed by atoms with Gasteiger partial charge in [-0.2, -0.15) is 0 Å².